The highest BCUT2D eigenvalue weighted by molar-refractivity contribution is 6.01. The highest BCUT2D eigenvalue weighted by atomic mass is 16.5. The molecule has 0 N–H and O–H groups in total. The number of carbonyl (C=O) groups excluding carboxylic acids is 2. The second kappa shape index (κ2) is 11.5. The number of hydrogen-bond donors (Lipinski definition) is 0. The van der Waals surface area contributed by atoms with Gasteiger partial charge in [-0.05, 0) is 36.8 Å². The Morgan fingerprint density at radius 2 is 1.97 bits per heavy atom. The van der Waals surface area contributed by atoms with Gasteiger partial charge in [-0.25, -0.2) is 14.8 Å². The standard InChI is InChI=1S/C26H28N4O5.C2H6/c1-4-16-11-17-12-23-20(13-22(17)28-24(16)33-2)25(31)30-9-8-29(15-19(30)7-10-35-23)18-5-6-21(27-14-18)26(32)34-3;1-2/h5-6,11-14,19H,4,7-10,15H2,1-3H3;1-2H3/t19-;/m1./s1. The van der Waals surface area contributed by atoms with Crippen molar-refractivity contribution in [3.8, 4) is 11.6 Å². The first-order chi connectivity index (χ1) is 18.0. The third-order valence-corrected chi connectivity index (χ3v) is 6.72. The van der Waals surface area contributed by atoms with Crippen LogP contribution in [0.2, 0.25) is 0 Å². The van der Waals surface area contributed by atoms with E-state index in [4.69, 9.17) is 14.2 Å². The molecule has 1 fully saturated rings. The summed E-state index contributed by atoms with van der Waals surface area (Å²) < 4.78 is 16.3. The minimum absolute atomic E-state index is 0.00894. The predicted molar refractivity (Wildman–Crippen MR) is 142 cm³/mol. The Bertz CT molecular complexity index is 1280. The molecule has 196 valence electrons. The Labute approximate surface area is 217 Å². The molecular formula is C28H34N4O5. The maximum atomic E-state index is 13.6. The molecule has 4 heterocycles. The molecular weight excluding hydrogens is 472 g/mol. The van der Waals surface area contributed by atoms with Gasteiger partial charge < -0.3 is 24.0 Å². The van der Waals surface area contributed by atoms with Crippen molar-refractivity contribution in [1.29, 1.82) is 0 Å². The molecule has 0 aliphatic carbocycles. The minimum Gasteiger partial charge on any atom is -0.493 e. The molecule has 0 bridgehead atoms. The minimum atomic E-state index is -0.464. The molecule has 37 heavy (non-hydrogen) atoms. The van der Waals surface area contributed by atoms with Gasteiger partial charge in [0.2, 0.25) is 5.88 Å². The Kier molecular flexibility index (Phi) is 8.11. The third-order valence-electron chi connectivity index (χ3n) is 6.72. The Balaban J connectivity index is 0.00000156. The number of benzene rings is 1. The number of ether oxygens (including phenoxy) is 3. The number of pyridine rings is 2. The largest absolute Gasteiger partial charge is 0.493 e. The number of aryl methyl sites for hydroxylation is 1. The highest BCUT2D eigenvalue weighted by Gasteiger charge is 2.34. The quantitative estimate of drug-likeness (QED) is 0.488. The van der Waals surface area contributed by atoms with Gasteiger partial charge in [0.25, 0.3) is 5.91 Å². The number of amides is 1. The van der Waals surface area contributed by atoms with Crippen LogP contribution >= 0.6 is 0 Å². The fraction of sp³-hybridized carbons (Fsp3) is 0.429. The third kappa shape index (κ3) is 5.16. The summed E-state index contributed by atoms with van der Waals surface area (Å²) in [6.45, 7) is 8.46. The van der Waals surface area contributed by atoms with Crippen LogP contribution in [0.15, 0.2) is 36.5 Å². The molecule has 2 aliphatic rings. The fourth-order valence-corrected chi connectivity index (χ4v) is 4.81. The normalized spacial score (nSPS) is 16.9. The number of piperazine rings is 1. The van der Waals surface area contributed by atoms with Crippen molar-refractivity contribution < 1.29 is 23.8 Å². The van der Waals surface area contributed by atoms with Gasteiger partial charge in [0.05, 0.1) is 49.8 Å². The van der Waals surface area contributed by atoms with Gasteiger partial charge in [-0.3, -0.25) is 4.79 Å². The van der Waals surface area contributed by atoms with E-state index in [1.54, 1.807) is 19.4 Å². The summed E-state index contributed by atoms with van der Waals surface area (Å²) in [5.74, 6) is 0.663. The zero-order chi connectivity index (χ0) is 26.5. The lowest BCUT2D eigenvalue weighted by Gasteiger charge is -2.43. The Hall–Kier alpha value is -3.88. The predicted octanol–water partition coefficient (Wildman–Crippen LogP) is 4.13. The summed E-state index contributed by atoms with van der Waals surface area (Å²) in [6.07, 6.45) is 3.19. The molecule has 9 nitrogen and oxygen atoms in total. The first-order valence-electron chi connectivity index (χ1n) is 12.8. The maximum Gasteiger partial charge on any atom is 0.356 e. The van der Waals surface area contributed by atoms with Crippen molar-refractivity contribution in [2.45, 2.75) is 39.7 Å². The smallest absolute Gasteiger partial charge is 0.356 e. The lowest BCUT2D eigenvalue weighted by molar-refractivity contribution is 0.0586. The molecule has 2 aliphatic heterocycles. The van der Waals surface area contributed by atoms with E-state index in [2.05, 4.69) is 27.9 Å². The van der Waals surface area contributed by atoms with Crippen LogP contribution < -0.4 is 14.4 Å². The SMILES string of the molecule is CC.CCc1cc2cc3c(cc2nc1OC)C(=O)N1CCN(c2ccc(C(=O)OC)nc2)C[C@H]1CCO3. The average molecular weight is 507 g/mol. The molecule has 2 aromatic heterocycles. The number of methoxy groups -OCH3 is 2. The van der Waals surface area contributed by atoms with Crippen LogP contribution in [0.1, 0.15) is 53.6 Å². The van der Waals surface area contributed by atoms with Crippen molar-refractivity contribution in [2.75, 3.05) is 45.4 Å². The van der Waals surface area contributed by atoms with E-state index >= 15 is 0 Å². The van der Waals surface area contributed by atoms with Crippen molar-refractivity contribution in [2.24, 2.45) is 0 Å². The van der Waals surface area contributed by atoms with Crippen molar-refractivity contribution >= 4 is 28.5 Å². The number of carbonyl (C=O) groups is 2. The van der Waals surface area contributed by atoms with Gasteiger partial charge in [0.15, 0.2) is 0 Å². The number of nitrogens with zero attached hydrogens (tertiary/aromatic N) is 4. The average Bonchev–Trinajstić information content (AvgIpc) is 2.95. The lowest BCUT2D eigenvalue weighted by atomic mass is 10.0. The molecule has 0 unspecified atom stereocenters. The summed E-state index contributed by atoms with van der Waals surface area (Å²) in [5, 5.41) is 0.930. The van der Waals surface area contributed by atoms with Crippen molar-refractivity contribution in [3.05, 3.63) is 53.3 Å². The first kappa shape index (κ1) is 26.2. The maximum absolute atomic E-state index is 13.6. The monoisotopic (exact) mass is 506 g/mol. The zero-order valence-corrected chi connectivity index (χ0v) is 22.1. The van der Waals surface area contributed by atoms with Crippen LogP contribution in [-0.2, 0) is 11.2 Å². The first-order valence-corrected chi connectivity index (χ1v) is 12.8. The van der Waals surface area contributed by atoms with E-state index < -0.39 is 5.97 Å². The second-order valence-electron chi connectivity index (χ2n) is 8.68. The van der Waals surface area contributed by atoms with E-state index in [1.165, 1.54) is 7.11 Å². The molecule has 3 aromatic rings. The van der Waals surface area contributed by atoms with Crippen molar-refractivity contribution in [3.63, 3.8) is 0 Å². The number of aromatic nitrogens is 2. The Morgan fingerprint density at radius 3 is 2.65 bits per heavy atom. The van der Waals surface area contributed by atoms with Gasteiger partial charge in [-0.2, -0.15) is 0 Å². The molecule has 9 heteroatoms. The summed E-state index contributed by atoms with van der Waals surface area (Å²) in [6, 6.07) is 9.30. The van der Waals surface area contributed by atoms with Crippen LogP contribution in [0.4, 0.5) is 5.69 Å². The molecule has 0 spiro atoms. The molecule has 1 saturated heterocycles. The molecule has 5 rings (SSSR count). The van der Waals surface area contributed by atoms with Crippen LogP contribution in [0, 0.1) is 0 Å². The van der Waals surface area contributed by atoms with Crippen LogP contribution in [0.3, 0.4) is 0 Å². The molecule has 1 aromatic carbocycles. The molecule has 0 radical (unpaired) electrons. The van der Waals surface area contributed by atoms with E-state index in [0.29, 0.717) is 55.4 Å². The summed E-state index contributed by atoms with van der Waals surface area (Å²) >= 11 is 0. The van der Waals surface area contributed by atoms with Gasteiger partial charge in [-0.1, -0.05) is 20.8 Å². The van der Waals surface area contributed by atoms with E-state index in [9.17, 15) is 9.59 Å². The molecule has 0 saturated carbocycles. The summed E-state index contributed by atoms with van der Waals surface area (Å²) in [5.41, 5.74) is 3.43. The van der Waals surface area contributed by atoms with E-state index in [0.717, 1.165) is 23.1 Å². The number of rotatable bonds is 4. The number of hydrogen-bond acceptors (Lipinski definition) is 8. The summed E-state index contributed by atoms with van der Waals surface area (Å²) in [4.78, 5) is 38.3. The Morgan fingerprint density at radius 1 is 1.16 bits per heavy atom. The van der Waals surface area contributed by atoms with E-state index in [-0.39, 0.29) is 17.6 Å². The number of fused-ring (bicyclic) bond motifs is 3. The van der Waals surface area contributed by atoms with Gasteiger partial charge in [0, 0.05) is 37.0 Å². The van der Waals surface area contributed by atoms with Crippen LogP contribution in [0.25, 0.3) is 10.9 Å². The summed E-state index contributed by atoms with van der Waals surface area (Å²) in [7, 11) is 2.94. The van der Waals surface area contributed by atoms with Crippen LogP contribution in [0.5, 0.6) is 11.6 Å². The molecule has 1 atom stereocenters. The van der Waals surface area contributed by atoms with E-state index in [1.807, 2.05) is 36.9 Å². The van der Waals surface area contributed by atoms with Crippen molar-refractivity contribution in [1.82, 2.24) is 14.9 Å². The zero-order valence-electron chi connectivity index (χ0n) is 22.1. The molecule has 1 amide bonds. The van der Waals surface area contributed by atoms with Gasteiger partial charge in [-0.15, -0.1) is 0 Å². The van der Waals surface area contributed by atoms with Gasteiger partial charge in [0.1, 0.15) is 11.4 Å². The van der Waals surface area contributed by atoms with Crippen LogP contribution in [-0.4, -0.2) is 73.2 Å². The van der Waals surface area contributed by atoms with Gasteiger partial charge >= 0.3 is 5.97 Å². The number of anilines is 1. The second-order valence-corrected chi connectivity index (χ2v) is 8.68. The lowest BCUT2D eigenvalue weighted by Crippen LogP contribution is -2.56. The number of esters is 1. The topological polar surface area (TPSA) is 94.1 Å². The highest BCUT2D eigenvalue weighted by Crippen LogP contribution is 2.33. The fourth-order valence-electron chi connectivity index (χ4n) is 4.81.